The molecular weight excluding hydrogens is 282 g/mol. The van der Waals surface area contributed by atoms with Crippen molar-refractivity contribution < 1.29 is 4.74 Å². The van der Waals surface area contributed by atoms with Crippen molar-refractivity contribution in [3.63, 3.8) is 0 Å². The van der Waals surface area contributed by atoms with Crippen molar-refractivity contribution in [1.82, 2.24) is 5.32 Å². The summed E-state index contributed by atoms with van der Waals surface area (Å²) in [6, 6.07) is 16.7. The van der Waals surface area contributed by atoms with E-state index in [-0.39, 0.29) is 0 Å². The van der Waals surface area contributed by atoms with Crippen molar-refractivity contribution in [1.29, 1.82) is 0 Å². The van der Waals surface area contributed by atoms with Crippen LogP contribution in [-0.4, -0.2) is 13.2 Å². The number of hydrogen-bond donors (Lipinski definition) is 1. The molecule has 3 heteroatoms. The number of methoxy groups -OCH3 is 1. The summed E-state index contributed by atoms with van der Waals surface area (Å²) in [5.41, 5.74) is 2.53. The maximum absolute atomic E-state index is 5.99. The van der Waals surface area contributed by atoms with Crippen LogP contribution in [0.5, 0.6) is 5.75 Å². The van der Waals surface area contributed by atoms with Gasteiger partial charge in [0.1, 0.15) is 5.75 Å². The van der Waals surface area contributed by atoms with E-state index in [1.807, 2.05) is 30.3 Å². The van der Waals surface area contributed by atoms with Crippen LogP contribution >= 0.6 is 11.6 Å². The summed E-state index contributed by atoms with van der Waals surface area (Å²) in [5.74, 6) is 0.923. The van der Waals surface area contributed by atoms with Gasteiger partial charge in [-0.15, -0.1) is 0 Å². The van der Waals surface area contributed by atoms with Gasteiger partial charge in [-0.05, 0) is 55.2 Å². The van der Waals surface area contributed by atoms with Crippen LogP contribution < -0.4 is 10.1 Å². The van der Waals surface area contributed by atoms with Crippen LogP contribution in [0.25, 0.3) is 0 Å². The Hall–Kier alpha value is -1.51. The number of ether oxygens (including phenoxy) is 1. The third-order valence-electron chi connectivity index (χ3n) is 3.54. The number of hydrogen-bond acceptors (Lipinski definition) is 2. The summed E-state index contributed by atoms with van der Waals surface area (Å²) < 4.78 is 5.25. The molecule has 0 aliphatic carbocycles. The Morgan fingerprint density at radius 1 is 1.10 bits per heavy atom. The molecule has 2 rings (SSSR count). The number of benzene rings is 2. The van der Waals surface area contributed by atoms with Gasteiger partial charge >= 0.3 is 0 Å². The number of halogens is 1. The van der Waals surface area contributed by atoms with Crippen molar-refractivity contribution in [2.45, 2.75) is 32.4 Å². The molecule has 2 aromatic carbocycles. The Bertz CT molecular complexity index is 571. The molecule has 0 amide bonds. The van der Waals surface area contributed by atoms with Gasteiger partial charge in [-0.25, -0.2) is 0 Å². The predicted octanol–water partition coefficient (Wildman–Crippen LogP) is 4.46. The number of nitrogens with one attached hydrogen (secondary N) is 1. The van der Waals surface area contributed by atoms with Crippen molar-refractivity contribution >= 4 is 11.6 Å². The number of aryl methyl sites for hydroxylation is 1. The van der Waals surface area contributed by atoms with Gasteiger partial charge in [0, 0.05) is 17.6 Å². The second-order valence-corrected chi connectivity index (χ2v) is 5.74. The van der Waals surface area contributed by atoms with E-state index >= 15 is 0 Å². The van der Waals surface area contributed by atoms with E-state index in [0.717, 1.165) is 30.2 Å². The molecule has 0 saturated carbocycles. The van der Waals surface area contributed by atoms with Crippen LogP contribution in [0.15, 0.2) is 48.5 Å². The first kappa shape index (κ1) is 15.9. The van der Waals surface area contributed by atoms with Crippen LogP contribution in [0, 0.1) is 0 Å². The molecule has 0 aliphatic rings. The van der Waals surface area contributed by atoms with E-state index in [9.17, 15) is 0 Å². The summed E-state index contributed by atoms with van der Waals surface area (Å²) in [4.78, 5) is 0. The van der Waals surface area contributed by atoms with Gasteiger partial charge in [0.15, 0.2) is 0 Å². The zero-order valence-corrected chi connectivity index (χ0v) is 13.4. The minimum atomic E-state index is 0.454. The molecule has 0 spiro atoms. The highest BCUT2D eigenvalue weighted by Gasteiger charge is 2.04. The van der Waals surface area contributed by atoms with E-state index in [1.165, 1.54) is 11.1 Å². The fourth-order valence-corrected chi connectivity index (χ4v) is 2.47. The zero-order valence-electron chi connectivity index (χ0n) is 12.6. The van der Waals surface area contributed by atoms with Gasteiger partial charge in [0.05, 0.1) is 7.11 Å². The normalized spacial score (nSPS) is 12.1. The van der Waals surface area contributed by atoms with Gasteiger partial charge in [0.25, 0.3) is 0 Å². The molecule has 0 radical (unpaired) electrons. The van der Waals surface area contributed by atoms with E-state index < -0.39 is 0 Å². The standard InChI is InChI=1S/C18H22ClNO/c1-14(20-13-16-6-3-7-17(19)11-16)9-10-15-5-4-8-18(12-15)21-2/h3-8,11-12,14,20H,9-10,13H2,1-2H3. The summed E-state index contributed by atoms with van der Waals surface area (Å²) in [6.07, 6.45) is 2.13. The molecule has 0 bridgehead atoms. The Morgan fingerprint density at radius 2 is 1.86 bits per heavy atom. The maximum atomic E-state index is 5.99. The topological polar surface area (TPSA) is 21.3 Å². The first-order valence-electron chi connectivity index (χ1n) is 7.28. The average molecular weight is 304 g/mol. The summed E-state index contributed by atoms with van der Waals surface area (Å²) >= 11 is 5.99. The maximum Gasteiger partial charge on any atom is 0.119 e. The van der Waals surface area contributed by atoms with Crippen LogP contribution in [0.2, 0.25) is 5.02 Å². The molecule has 1 N–H and O–H groups in total. The van der Waals surface area contributed by atoms with E-state index in [4.69, 9.17) is 16.3 Å². The third-order valence-corrected chi connectivity index (χ3v) is 3.78. The first-order valence-corrected chi connectivity index (χ1v) is 7.66. The van der Waals surface area contributed by atoms with Crippen LogP contribution in [0.1, 0.15) is 24.5 Å². The molecule has 2 aromatic rings. The van der Waals surface area contributed by atoms with E-state index in [0.29, 0.717) is 6.04 Å². The Kier molecular flexibility index (Phi) is 6.09. The van der Waals surface area contributed by atoms with Crippen molar-refractivity contribution in [2.75, 3.05) is 7.11 Å². The Morgan fingerprint density at radius 3 is 2.62 bits per heavy atom. The minimum absolute atomic E-state index is 0.454. The molecule has 21 heavy (non-hydrogen) atoms. The first-order chi connectivity index (χ1) is 10.2. The fraction of sp³-hybridized carbons (Fsp3) is 0.333. The van der Waals surface area contributed by atoms with E-state index in [1.54, 1.807) is 7.11 Å². The molecule has 2 nitrogen and oxygen atoms in total. The van der Waals surface area contributed by atoms with Crippen molar-refractivity contribution in [3.05, 3.63) is 64.7 Å². The van der Waals surface area contributed by atoms with Gasteiger partial charge in [-0.2, -0.15) is 0 Å². The second-order valence-electron chi connectivity index (χ2n) is 5.30. The van der Waals surface area contributed by atoms with Gasteiger partial charge in [-0.3, -0.25) is 0 Å². The van der Waals surface area contributed by atoms with Crippen LogP contribution in [0.4, 0.5) is 0 Å². The largest absolute Gasteiger partial charge is 0.497 e. The second kappa shape index (κ2) is 8.06. The lowest BCUT2D eigenvalue weighted by Crippen LogP contribution is -2.25. The molecule has 1 atom stereocenters. The molecule has 112 valence electrons. The fourth-order valence-electron chi connectivity index (χ4n) is 2.25. The molecule has 0 fully saturated rings. The highest BCUT2D eigenvalue weighted by Crippen LogP contribution is 2.15. The number of rotatable bonds is 7. The molecular formula is C18H22ClNO. The van der Waals surface area contributed by atoms with E-state index in [2.05, 4.69) is 30.4 Å². The quantitative estimate of drug-likeness (QED) is 0.815. The lowest BCUT2D eigenvalue weighted by atomic mass is 10.1. The Balaban J connectivity index is 1.78. The predicted molar refractivity (Wildman–Crippen MR) is 89.1 cm³/mol. The molecule has 0 saturated heterocycles. The minimum Gasteiger partial charge on any atom is -0.497 e. The van der Waals surface area contributed by atoms with Crippen LogP contribution in [-0.2, 0) is 13.0 Å². The highest BCUT2D eigenvalue weighted by molar-refractivity contribution is 6.30. The van der Waals surface area contributed by atoms with Gasteiger partial charge in [-0.1, -0.05) is 35.9 Å². The van der Waals surface area contributed by atoms with Gasteiger partial charge < -0.3 is 10.1 Å². The monoisotopic (exact) mass is 303 g/mol. The van der Waals surface area contributed by atoms with Crippen molar-refractivity contribution in [2.24, 2.45) is 0 Å². The molecule has 0 aromatic heterocycles. The molecule has 1 unspecified atom stereocenters. The third kappa shape index (κ3) is 5.41. The average Bonchev–Trinajstić information content (AvgIpc) is 2.51. The highest BCUT2D eigenvalue weighted by atomic mass is 35.5. The van der Waals surface area contributed by atoms with Crippen LogP contribution in [0.3, 0.4) is 0 Å². The lowest BCUT2D eigenvalue weighted by Gasteiger charge is -2.14. The van der Waals surface area contributed by atoms with Crippen molar-refractivity contribution in [3.8, 4) is 5.75 Å². The lowest BCUT2D eigenvalue weighted by molar-refractivity contribution is 0.414. The zero-order chi connectivity index (χ0) is 15.1. The van der Waals surface area contributed by atoms with Gasteiger partial charge in [0.2, 0.25) is 0 Å². The molecule has 0 aliphatic heterocycles. The molecule has 0 heterocycles. The summed E-state index contributed by atoms with van der Waals surface area (Å²) in [6.45, 7) is 3.06. The SMILES string of the molecule is COc1cccc(CCC(C)NCc2cccc(Cl)c2)c1. The smallest absolute Gasteiger partial charge is 0.119 e. The summed E-state index contributed by atoms with van der Waals surface area (Å²) in [5, 5.41) is 4.33. The summed E-state index contributed by atoms with van der Waals surface area (Å²) in [7, 11) is 1.70. The Labute approximate surface area is 132 Å².